The number of aromatic nitrogens is 2. The Morgan fingerprint density at radius 2 is 2.04 bits per heavy atom. The van der Waals surface area contributed by atoms with Gasteiger partial charge in [-0.1, -0.05) is 43.7 Å². The van der Waals surface area contributed by atoms with E-state index in [1.165, 1.54) is 10.4 Å². The molecule has 2 aromatic heterocycles. The predicted octanol–water partition coefficient (Wildman–Crippen LogP) is 4.41. The highest BCUT2D eigenvalue weighted by Gasteiger charge is 2.20. The standard InChI is InChI=1S/C21H25N5OS/c1-14(2)18-12-17-19(26-7-9-27-10-8-26)23-21(24-20(17)28-18)25-22-13-16-6-4-5-15(3)11-16/h4-6,11-14H,7-10H2,1-3H3,(H,23,24,25)/b22-13+. The lowest BCUT2D eigenvalue weighted by molar-refractivity contribution is 0.122. The first-order valence-electron chi connectivity index (χ1n) is 9.60. The second kappa shape index (κ2) is 8.24. The van der Waals surface area contributed by atoms with Gasteiger partial charge in [-0.15, -0.1) is 11.3 Å². The number of fused-ring (bicyclic) bond motifs is 1. The van der Waals surface area contributed by atoms with Crippen LogP contribution in [0.5, 0.6) is 0 Å². The lowest BCUT2D eigenvalue weighted by atomic mass is 10.1. The number of aryl methyl sites for hydroxylation is 1. The quantitative estimate of drug-likeness (QED) is 0.512. The van der Waals surface area contributed by atoms with Crippen molar-refractivity contribution in [1.82, 2.24) is 9.97 Å². The molecule has 28 heavy (non-hydrogen) atoms. The number of hydrogen-bond donors (Lipinski definition) is 1. The molecule has 0 atom stereocenters. The molecule has 146 valence electrons. The van der Waals surface area contributed by atoms with Crippen LogP contribution in [-0.2, 0) is 4.74 Å². The van der Waals surface area contributed by atoms with Crippen molar-refractivity contribution in [3.63, 3.8) is 0 Å². The third-order valence-corrected chi connectivity index (χ3v) is 6.02. The molecule has 0 saturated carbocycles. The Labute approximate surface area is 169 Å². The first-order chi connectivity index (χ1) is 13.6. The van der Waals surface area contributed by atoms with E-state index in [-0.39, 0.29) is 0 Å². The van der Waals surface area contributed by atoms with Gasteiger partial charge in [0.2, 0.25) is 5.95 Å². The van der Waals surface area contributed by atoms with Crippen LogP contribution in [0, 0.1) is 6.92 Å². The molecule has 0 amide bonds. The first kappa shape index (κ1) is 18.8. The predicted molar refractivity (Wildman–Crippen MR) is 117 cm³/mol. The zero-order valence-electron chi connectivity index (χ0n) is 16.5. The van der Waals surface area contributed by atoms with Crippen molar-refractivity contribution in [3.8, 4) is 0 Å². The smallest absolute Gasteiger partial charge is 0.246 e. The molecule has 0 aliphatic carbocycles. The van der Waals surface area contributed by atoms with Gasteiger partial charge in [-0.3, -0.25) is 0 Å². The van der Waals surface area contributed by atoms with Gasteiger partial charge in [0.15, 0.2) is 0 Å². The van der Waals surface area contributed by atoms with Crippen molar-refractivity contribution >= 4 is 39.5 Å². The highest BCUT2D eigenvalue weighted by atomic mass is 32.1. The van der Waals surface area contributed by atoms with E-state index in [2.05, 4.69) is 54.4 Å². The molecule has 3 heterocycles. The number of morpholine rings is 1. The first-order valence-corrected chi connectivity index (χ1v) is 10.4. The number of nitrogens with zero attached hydrogens (tertiary/aromatic N) is 4. The highest BCUT2D eigenvalue weighted by Crippen LogP contribution is 2.35. The van der Waals surface area contributed by atoms with Gasteiger partial charge in [0.05, 0.1) is 24.8 Å². The van der Waals surface area contributed by atoms with E-state index >= 15 is 0 Å². The summed E-state index contributed by atoms with van der Waals surface area (Å²) in [4.78, 5) is 14.1. The van der Waals surface area contributed by atoms with E-state index < -0.39 is 0 Å². The fraction of sp³-hybridized carbons (Fsp3) is 0.381. The van der Waals surface area contributed by atoms with Crippen molar-refractivity contribution in [2.45, 2.75) is 26.7 Å². The number of rotatable bonds is 5. The molecule has 1 aliphatic rings. The SMILES string of the molecule is Cc1cccc(/C=N/Nc2nc(N3CCOCC3)c3cc(C(C)C)sc3n2)c1. The molecule has 0 radical (unpaired) electrons. The van der Waals surface area contributed by atoms with E-state index in [0.29, 0.717) is 11.9 Å². The Hall–Kier alpha value is -2.51. The minimum Gasteiger partial charge on any atom is -0.378 e. The van der Waals surface area contributed by atoms with Crippen LogP contribution in [0.4, 0.5) is 11.8 Å². The molecule has 1 N–H and O–H groups in total. The highest BCUT2D eigenvalue weighted by molar-refractivity contribution is 7.18. The summed E-state index contributed by atoms with van der Waals surface area (Å²) in [5.41, 5.74) is 5.27. The summed E-state index contributed by atoms with van der Waals surface area (Å²) in [6.07, 6.45) is 1.79. The van der Waals surface area contributed by atoms with E-state index in [9.17, 15) is 0 Å². The fourth-order valence-electron chi connectivity index (χ4n) is 3.19. The number of nitrogens with one attached hydrogen (secondary N) is 1. The van der Waals surface area contributed by atoms with Gasteiger partial charge in [-0.25, -0.2) is 10.4 Å². The summed E-state index contributed by atoms with van der Waals surface area (Å²) in [6, 6.07) is 10.4. The molecular formula is C21H25N5OS. The van der Waals surface area contributed by atoms with E-state index in [1.807, 2.05) is 12.1 Å². The van der Waals surface area contributed by atoms with E-state index in [0.717, 1.165) is 47.9 Å². The molecule has 0 unspecified atom stereocenters. The van der Waals surface area contributed by atoms with E-state index in [4.69, 9.17) is 14.7 Å². The zero-order chi connectivity index (χ0) is 19.5. The lowest BCUT2D eigenvalue weighted by Crippen LogP contribution is -2.37. The number of hydrazone groups is 1. The molecule has 1 aliphatic heterocycles. The Bertz CT molecular complexity index is 992. The Balaban J connectivity index is 1.65. The minimum absolute atomic E-state index is 0.465. The molecule has 3 aromatic rings. The molecule has 1 aromatic carbocycles. The number of hydrogen-bond acceptors (Lipinski definition) is 7. The van der Waals surface area contributed by atoms with Crippen LogP contribution in [-0.4, -0.2) is 42.5 Å². The van der Waals surface area contributed by atoms with Gasteiger partial charge in [-0.05, 0) is 24.5 Å². The second-order valence-electron chi connectivity index (χ2n) is 7.28. The van der Waals surface area contributed by atoms with Crippen molar-refractivity contribution < 1.29 is 4.74 Å². The van der Waals surface area contributed by atoms with Crippen molar-refractivity contribution in [2.75, 3.05) is 36.6 Å². The summed E-state index contributed by atoms with van der Waals surface area (Å²) >= 11 is 1.73. The second-order valence-corrected chi connectivity index (χ2v) is 8.34. The minimum atomic E-state index is 0.465. The van der Waals surface area contributed by atoms with Crippen LogP contribution in [0.1, 0.15) is 35.8 Å². The summed E-state index contributed by atoms with van der Waals surface area (Å²) in [7, 11) is 0. The summed E-state index contributed by atoms with van der Waals surface area (Å²) in [5.74, 6) is 1.95. The van der Waals surface area contributed by atoms with Gasteiger partial charge >= 0.3 is 0 Å². The molecule has 6 nitrogen and oxygen atoms in total. The number of anilines is 2. The van der Waals surface area contributed by atoms with Crippen LogP contribution in [0.3, 0.4) is 0 Å². The van der Waals surface area contributed by atoms with Crippen LogP contribution in [0.2, 0.25) is 0 Å². The molecule has 4 rings (SSSR count). The number of thiophene rings is 1. The van der Waals surface area contributed by atoms with Crippen molar-refractivity contribution in [2.24, 2.45) is 5.10 Å². The molecular weight excluding hydrogens is 370 g/mol. The lowest BCUT2D eigenvalue weighted by Gasteiger charge is -2.28. The monoisotopic (exact) mass is 395 g/mol. The van der Waals surface area contributed by atoms with Gasteiger partial charge in [0.25, 0.3) is 0 Å². The maximum atomic E-state index is 5.51. The molecule has 1 saturated heterocycles. The largest absolute Gasteiger partial charge is 0.378 e. The Morgan fingerprint density at radius 1 is 1.21 bits per heavy atom. The molecule has 0 bridgehead atoms. The summed E-state index contributed by atoms with van der Waals surface area (Å²) in [5, 5.41) is 5.46. The van der Waals surface area contributed by atoms with Crippen LogP contribution in [0.15, 0.2) is 35.4 Å². The zero-order valence-corrected chi connectivity index (χ0v) is 17.3. The maximum Gasteiger partial charge on any atom is 0.246 e. The molecule has 1 fully saturated rings. The topological polar surface area (TPSA) is 62.6 Å². The summed E-state index contributed by atoms with van der Waals surface area (Å²) < 4.78 is 5.51. The van der Waals surface area contributed by atoms with Gasteiger partial charge in [-0.2, -0.15) is 10.1 Å². The molecule has 0 spiro atoms. The Kier molecular flexibility index (Phi) is 5.54. The van der Waals surface area contributed by atoms with Crippen molar-refractivity contribution in [3.05, 3.63) is 46.3 Å². The van der Waals surface area contributed by atoms with Gasteiger partial charge < -0.3 is 9.64 Å². The number of ether oxygens (including phenoxy) is 1. The third-order valence-electron chi connectivity index (χ3n) is 4.69. The third kappa shape index (κ3) is 4.15. The van der Waals surface area contributed by atoms with Crippen LogP contribution < -0.4 is 10.3 Å². The van der Waals surface area contributed by atoms with Crippen molar-refractivity contribution in [1.29, 1.82) is 0 Å². The van der Waals surface area contributed by atoms with Crippen LogP contribution in [0.25, 0.3) is 10.2 Å². The maximum absolute atomic E-state index is 5.51. The average Bonchev–Trinajstić information content (AvgIpc) is 3.13. The fourth-order valence-corrected chi connectivity index (χ4v) is 4.22. The Morgan fingerprint density at radius 3 is 2.79 bits per heavy atom. The van der Waals surface area contributed by atoms with Crippen LogP contribution >= 0.6 is 11.3 Å². The number of benzene rings is 1. The average molecular weight is 396 g/mol. The van der Waals surface area contributed by atoms with E-state index in [1.54, 1.807) is 17.6 Å². The van der Waals surface area contributed by atoms with Gasteiger partial charge in [0.1, 0.15) is 10.6 Å². The molecule has 7 heteroatoms. The van der Waals surface area contributed by atoms with Gasteiger partial charge in [0, 0.05) is 18.0 Å². The normalized spacial score (nSPS) is 15.1. The summed E-state index contributed by atoms with van der Waals surface area (Å²) in [6.45, 7) is 9.60.